The molecule has 20 heavy (non-hydrogen) atoms. The Kier molecular flexibility index (Phi) is 5.26. The number of esters is 2. The fourth-order valence-electron chi connectivity index (χ4n) is 1.55. The van der Waals surface area contributed by atoms with Crippen molar-refractivity contribution in [3.63, 3.8) is 0 Å². The van der Waals surface area contributed by atoms with Crippen molar-refractivity contribution in [1.29, 1.82) is 0 Å². The Morgan fingerprint density at radius 2 is 1.85 bits per heavy atom. The van der Waals surface area contributed by atoms with E-state index in [0.29, 0.717) is 5.00 Å². The Morgan fingerprint density at radius 3 is 2.35 bits per heavy atom. The maximum atomic E-state index is 12.1. The third-order valence-corrected chi connectivity index (χ3v) is 3.82. The van der Waals surface area contributed by atoms with Gasteiger partial charge in [0.05, 0.1) is 12.7 Å². The summed E-state index contributed by atoms with van der Waals surface area (Å²) in [5.74, 6) is -1.57. The summed E-state index contributed by atoms with van der Waals surface area (Å²) >= 11 is 1.29. The van der Waals surface area contributed by atoms with E-state index in [1.54, 1.807) is 6.92 Å². The van der Waals surface area contributed by atoms with Gasteiger partial charge < -0.3 is 14.8 Å². The number of carbonyl (C=O) groups is 3. The Labute approximate surface area is 121 Å². The summed E-state index contributed by atoms with van der Waals surface area (Å²) in [6.45, 7) is 6.38. The molecule has 1 amide bonds. The van der Waals surface area contributed by atoms with E-state index in [1.807, 2.05) is 6.92 Å². The fourth-order valence-corrected chi connectivity index (χ4v) is 2.65. The minimum atomic E-state index is -1.00. The highest BCUT2D eigenvalue weighted by Crippen LogP contribution is 2.33. The summed E-state index contributed by atoms with van der Waals surface area (Å²) in [4.78, 5) is 35.5. The largest absolute Gasteiger partial charge is 0.466 e. The van der Waals surface area contributed by atoms with E-state index in [2.05, 4.69) is 10.1 Å². The van der Waals surface area contributed by atoms with Crippen LogP contribution in [-0.4, -0.2) is 31.1 Å². The molecule has 1 rings (SSSR count). The molecule has 110 valence electrons. The van der Waals surface area contributed by atoms with Crippen LogP contribution in [0.1, 0.15) is 34.6 Å². The molecule has 1 atom stereocenters. The van der Waals surface area contributed by atoms with Crippen LogP contribution in [0, 0.1) is 13.8 Å². The molecule has 0 saturated carbocycles. The summed E-state index contributed by atoms with van der Waals surface area (Å²) in [5, 5.41) is 3.02. The van der Waals surface area contributed by atoms with Gasteiger partial charge in [-0.2, -0.15) is 0 Å². The van der Waals surface area contributed by atoms with E-state index >= 15 is 0 Å². The van der Waals surface area contributed by atoms with Crippen molar-refractivity contribution in [3.05, 3.63) is 16.0 Å². The predicted molar refractivity (Wildman–Crippen MR) is 75.0 cm³/mol. The van der Waals surface area contributed by atoms with E-state index in [-0.39, 0.29) is 11.5 Å². The van der Waals surface area contributed by atoms with Crippen molar-refractivity contribution in [1.82, 2.24) is 0 Å². The Hall–Kier alpha value is -1.89. The summed E-state index contributed by atoms with van der Waals surface area (Å²) in [5.41, 5.74) is 0.999. The molecular formula is C13H17NO5S. The lowest BCUT2D eigenvalue weighted by atomic mass is 10.1. The monoisotopic (exact) mass is 299 g/mol. The van der Waals surface area contributed by atoms with Crippen LogP contribution in [0.4, 0.5) is 5.00 Å². The first kappa shape index (κ1) is 16.2. The summed E-state index contributed by atoms with van der Waals surface area (Å²) < 4.78 is 9.54. The lowest BCUT2D eigenvalue weighted by Crippen LogP contribution is -2.26. The molecule has 1 heterocycles. The molecule has 0 aromatic carbocycles. The van der Waals surface area contributed by atoms with Crippen molar-refractivity contribution in [3.8, 4) is 0 Å². The molecule has 0 aliphatic carbocycles. The summed E-state index contributed by atoms with van der Waals surface area (Å²) in [6.07, 6.45) is -1.00. The smallest absolute Gasteiger partial charge is 0.346 e. The van der Waals surface area contributed by atoms with Crippen LogP contribution in [0.25, 0.3) is 0 Å². The van der Waals surface area contributed by atoms with Gasteiger partial charge in [0.15, 0.2) is 6.10 Å². The second-order valence-corrected chi connectivity index (χ2v) is 5.46. The molecule has 0 spiro atoms. The molecule has 0 saturated heterocycles. The summed E-state index contributed by atoms with van der Waals surface area (Å²) in [7, 11) is 1.22. The minimum Gasteiger partial charge on any atom is -0.466 e. The second kappa shape index (κ2) is 6.51. The Balaban J connectivity index is 3.02. The highest BCUT2D eigenvalue weighted by molar-refractivity contribution is 7.16. The maximum absolute atomic E-state index is 12.1. The van der Waals surface area contributed by atoms with Gasteiger partial charge >= 0.3 is 11.9 Å². The molecule has 1 unspecified atom stereocenters. The van der Waals surface area contributed by atoms with Gasteiger partial charge in [0.2, 0.25) is 5.91 Å². The van der Waals surface area contributed by atoms with Crippen molar-refractivity contribution >= 4 is 34.2 Å². The van der Waals surface area contributed by atoms with Crippen LogP contribution in [0.2, 0.25) is 0 Å². The molecule has 7 heteroatoms. The quantitative estimate of drug-likeness (QED) is 0.860. The lowest BCUT2D eigenvalue weighted by molar-refractivity contribution is -0.149. The zero-order chi connectivity index (χ0) is 15.4. The van der Waals surface area contributed by atoms with Crippen LogP contribution in [0.3, 0.4) is 0 Å². The van der Waals surface area contributed by atoms with Crippen LogP contribution in [0.5, 0.6) is 0 Å². The third-order valence-electron chi connectivity index (χ3n) is 2.70. The number of amides is 1. The van der Waals surface area contributed by atoms with Crippen LogP contribution < -0.4 is 5.32 Å². The topological polar surface area (TPSA) is 81.7 Å². The molecule has 1 N–H and O–H groups in total. The van der Waals surface area contributed by atoms with Crippen LogP contribution in [0.15, 0.2) is 0 Å². The van der Waals surface area contributed by atoms with Gasteiger partial charge in [-0.15, -0.1) is 11.3 Å². The minimum absolute atomic E-state index is 0.276. The number of rotatable bonds is 4. The fraction of sp³-hybridized carbons (Fsp3) is 0.462. The number of nitrogens with one attached hydrogen (secondary N) is 1. The highest BCUT2D eigenvalue weighted by Gasteiger charge is 2.25. The zero-order valence-electron chi connectivity index (χ0n) is 12.0. The van der Waals surface area contributed by atoms with Gasteiger partial charge in [-0.05, 0) is 26.3 Å². The van der Waals surface area contributed by atoms with Gasteiger partial charge in [-0.25, -0.2) is 9.59 Å². The van der Waals surface area contributed by atoms with E-state index < -0.39 is 18.0 Å². The number of carbonyl (C=O) groups excluding carboxylic acids is 3. The number of anilines is 1. The molecule has 1 aromatic rings. The molecule has 0 bridgehead atoms. The first-order valence-corrected chi connectivity index (χ1v) is 6.76. The number of methoxy groups -OCH3 is 1. The number of hydrogen-bond acceptors (Lipinski definition) is 6. The molecular weight excluding hydrogens is 282 g/mol. The first-order valence-electron chi connectivity index (χ1n) is 5.94. The van der Waals surface area contributed by atoms with Crippen LogP contribution >= 0.6 is 11.3 Å². The average Bonchev–Trinajstić information content (AvgIpc) is 2.62. The van der Waals surface area contributed by atoms with E-state index in [4.69, 9.17) is 4.74 Å². The van der Waals surface area contributed by atoms with Gasteiger partial charge in [-0.1, -0.05) is 0 Å². The normalized spacial score (nSPS) is 11.7. The molecule has 0 radical (unpaired) electrons. The molecule has 6 nitrogen and oxygen atoms in total. The second-order valence-electron chi connectivity index (χ2n) is 4.24. The lowest BCUT2D eigenvalue weighted by Gasteiger charge is -2.12. The Bertz CT molecular complexity index is 549. The Morgan fingerprint density at radius 1 is 1.25 bits per heavy atom. The van der Waals surface area contributed by atoms with E-state index in [9.17, 15) is 14.4 Å². The van der Waals surface area contributed by atoms with Crippen molar-refractivity contribution in [2.45, 2.75) is 33.8 Å². The molecule has 0 fully saturated rings. The van der Waals surface area contributed by atoms with Crippen LogP contribution in [-0.2, 0) is 19.1 Å². The van der Waals surface area contributed by atoms with E-state index in [0.717, 1.165) is 10.4 Å². The number of hydrogen-bond donors (Lipinski definition) is 1. The van der Waals surface area contributed by atoms with Gasteiger partial charge in [-0.3, -0.25) is 4.79 Å². The SMILES string of the molecule is COC(=O)C(C)OC(=O)c1c(NC(C)=O)sc(C)c1C. The van der Waals surface area contributed by atoms with Crippen molar-refractivity contribution < 1.29 is 23.9 Å². The van der Waals surface area contributed by atoms with Crippen molar-refractivity contribution in [2.75, 3.05) is 12.4 Å². The third kappa shape index (κ3) is 3.57. The van der Waals surface area contributed by atoms with Crippen molar-refractivity contribution in [2.24, 2.45) is 0 Å². The van der Waals surface area contributed by atoms with E-state index in [1.165, 1.54) is 32.3 Å². The molecule has 0 aliphatic rings. The van der Waals surface area contributed by atoms with Gasteiger partial charge in [0, 0.05) is 11.8 Å². The van der Waals surface area contributed by atoms with Gasteiger partial charge in [0.1, 0.15) is 5.00 Å². The number of thiophene rings is 1. The standard InChI is InChI=1S/C13H17NO5S/c1-6-8(3)20-11(14-9(4)15)10(6)13(17)19-7(2)12(16)18-5/h7H,1-5H3,(H,14,15). The first-order chi connectivity index (χ1) is 9.27. The highest BCUT2D eigenvalue weighted by atomic mass is 32.1. The molecule has 0 aliphatic heterocycles. The number of aryl methyl sites for hydroxylation is 1. The van der Waals surface area contributed by atoms with Gasteiger partial charge in [0.25, 0.3) is 0 Å². The number of ether oxygens (including phenoxy) is 2. The predicted octanol–water partition coefficient (Wildman–Crippen LogP) is 2.04. The zero-order valence-corrected chi connectivity index (χ0v) is 12.8. The maximum Gasteiger partial charge on any atom is 0.346 e. The average molecular weight is 299 g/mol. The summed E-state index contributed by atoms with van der Waals surface area (Å²) in [6, 6.07) is 0. The molecule has 1 aromatic heterocycles.